The monoisotopic (exact) mass is 494 g/mol. The molecule has 2 rings (SSSR count). The van der Waals surface area contributed by atoms with Crippen molar-refractivity contribution in [2.45, 2.75) is 89.9 Å². The number of unbranched alkanes of at least 4 members (excludes halogenated alkanes) is 2. The fraction of sp³-hybridized carbons (Fsp3) is 0.516. The number of carboxylic acids is 2. The smallest absolute Gasteiger partial charge is 0.307 e. The van der Waals surface area contributed by atoms with Crippen molar-refractivity contribution >= 4 is 17.7 Å². The van der Waals surface area contributed by atoms with E-state index in [1.807, 2.05) is 74.5 Å². The van der Waals surface area contributed by atoms with E-state index in [4.69, 9.17) is 0 Å². The van der Waals surface area contributed by atoms with Gasteiger partial charge in [0.15, 0.2) is 0 Å². The van der Waals surface area contributed by atoms with Gasteiger partial charge in [0.25, 0.3) is 0 Å². The van der Waals surface area contributed by atoms with Gasteiger partial charge in [-0.25, -0.2) is 0 Å². The second-order valence-corrected chi connectivity index (χ2v) is 10.6. The average Bonchev–Trinajstić information content (AvgIpc) is 2.88. The molecule has 0 fully saturated rings. The lowest BCUT2D eigenvalue weighted by atomic mass is 9.69. The van der Waals surface area contributed by atoms with Gasteiger partial charge in [-0.1, -0.05) is 101 Å². The van der Waals surface area contributed by atoms with E-state index in [-0.39, 0.29) is 5.78 Å². The summed E-state index contributed by atoms with van der Waals surface area (Å²) in [5, 5.41) is 19.3. The van der Waals surface area contributed by atoms with Crippen molar-refractivity contribution in [3.8, 4) is 0 Å². The highest BCUT2D eigenvalue weighted by Gasteiger charge is 2.38. The summed E-state index contributed by atoms with van der Waals surface area (Å²) in [6, 6.07) is 19.5. The summed E-state index contributed by atoms with van der Waals surface area (Å²) in [6.45, 7) is 7.53. The number of hydrogen-bond donors (Lipinski definition) is 2. The lowest BCUT2D eigenvalue weighted by Gasteiger charge is -2.34. The van der Waals surface area contributed by atoms with Crippen molar-refractivity contribution in [3.63, 3.8) is 0 Å². The van der Waals surface area contributed by atoms with Gasteiger partial charge in [0.05, 0.1) is 11.8 Å². The van der Waals surface area contributed by atoms with E-state index in [0.717, 1.165) is 36.8 Å². The molecule has 5 nitrogen and oxygen atoms in total. The molecular weight excluding hydrogens is 452 g/mol. The van der Waals surface area contributed by atoms with Gasteiger partial charge in [-0.05, 0) is 36.8 Å². The second kappa shape index (κ2) is 13.4. The maximum Gasteiger partial charge on any atom is 0.307 e. The maximum atomic E-state index is 12.5. The van der Waals surface area contributed by atoms with Crippen LogP contribution in [-0.4, -0.2) is 27.9 Å². The number of hydrogen-bond acceptors (Lipinski definition) is 3. The molecule has 0 radical (unpaired) electrons. The Hall–Kier alpha value is -2.95. The Labute approximate surface area is 215 Å². The summed E-state index contributed by atoms with van der Waals surface area (Å²) in [5.74, 6) is -2.45. The van der Waals surface area contributed by atoms with Gasteiger partial charge in [-0.2, -0.15) is 0 Å². The molecule has 2 aromatic carbocycles. The predicted molar refractivity (Wildman–Crippen MR) is 143 cm³/mol. The third-order valence-corrected chi connectivity index (χ3v) is 8.32. The molecule has 0 amide bonds. The van der Waals surface area contributed by atoms with Crippen LogP contribution in [0.2, 0.25) is 0 Å². The van der Waals surface area contributed by atoms with Gasteiger partial charge in [0.2, 0.25) is 0 Å². The van der Waals surface area contributed by atoms with Crippen LogP contribution < -0.4 is 0 Å². The van der Waals surface area contributed by atoms with Crippen LogP contribution in [0.15, 0.2) is 60.7 Å². The average molecular weight is 495 g/mol. The first-order valence-corrected chi connectivity index (χ1v) is 13.1. The first-order chi connectivity index (χ1) is 17.0. The van der Waals surface area contributed by atoms with E-state index in [9.17, 15) is 24.6 Å². The zero-order valence-electron chi connectivity index (χ0n) is 22.2. The Morgan fingerprint density at radius 1 is 0.639 bits per heavy atom. The summed E-state index contributed by atoms with van der Waals surface area (Å²) in [6.07, 6.45) is 5.47. The van der Waals surface area contributed by atoms with E-state index in [1.165, 1.54) is 0 Å². The molecular formula is C31H42O5. The number of rotatable bonds is 16. The van der Waals surface area contributed by atoms with Gasteiger partial charge < -0.3 is 10.2 Å². The van der Waals surface area contributed by atoms with Crippen LogP contribution in [0.4, 0.5) is 0 Å². The summed E-state index contributed by atoms with van der Waals surface area (Å²) in [7, 11) is 0. The highest BCUT2D eigenvalue weighted by atomic mass is 16.4. The lowest BCUT2D eigenvalue weighted by Crippen LogP contribution is -2.35. The SMILES string of the molecule is CC(C(=O)O)C(C)(CCCCC(=O)CCCCC(C)(c1ccccc1)C(C)C(=O)O)c1ccccc1. The minimum atomic E-state index is -0.808. The number of aliphatic carboxylic acids is 2. The fourth-order valence-corrected chi connectivity index (χ4v) is 5.16. The molecule has 2 aromatic rings. The Bertz CT molecular complexity index is 907. The molecule has 0 aliphatic carbocycles. The summed E-state index contributed by atoms with van der Waals surface area (Å²) in [4.78, 5) is 36.0. The molecule has 4 unspecified atom stereocenters. The third kappa shape index (κ3) is 7.52. The predicted octanol–water partition coefficient (Wildman–Crippen LogP) is 7.03. The summed E-state index contributed by atoms with van der Waals surface area (Å²) < 4.78 is 0. The first-order valence-electron chi connectivity index (χ1n) is 13.1. The molecule has 0 saturated carbocycles. The van der Waals surface area contributed by atoms with Crippen LogP contribution in [0.25, 0.3) is 0 Å². The van der Waals surface area contributed by atoms with Gasteiger partial charge in [-0.15, -0.1) is 0 Å². The summed E-state index contributed by atoms with van der Waals surface area (Å²) in [5.41, 5.74) is 1.06. The number of carbonyl (C=O) groups is 3. The van der Waals surface area contributed by atoms with Gasteiger partial charge in [0, 0.05) is 23.7 Å². The van der Waals surface area contributed by atoms with Crippen LogP contribution in [0.3, 0.4) is 0 Å². The normalized spacial score (nSPS) is 16.3. The molecule has 5 heteroatoms. The zero-order chi connectivity index (χ0) is 26.8. The number of carboxylic acid groups (broad SMARTS) is 2. The van der Waals surface area contributed by atoms with E-state index < -0.39 is 34.6 Å². The standard InChI is InChI=1S/C31H42O5/c1-23(28(33)34)30(3,25-15-7-5-8-16-25)21-13-11-19-27(32)20-12-14-22-31(4,24(2)29(35)36)26-17-9-6-10-18-26/h5-10,15-18,23-24H,11-14,19-22H2,1-4H3,(H,33,34)(H,35,36). The molecule has 0 heterocycles. The number of carbonyl (C=O) groups excluding carboxylic acids is 1. The van der Waals surface area contributed by atoms with E-state index in [1.54, 1.807) is 13.8 Å². The van der Waals surface area contributed by atoms with E-state index in [2.05, 4.69) is 0 Å². The van der Waals surface area contributed by atoms with Crippen LogP contribution in [0, 0.1) is 11.8 Å². The quantitative estimate of drug-likeness (QED) is 0.244. The summed E-state index contributed by atoms with van der Waals surface area (Å²) >= 11 is 0. The minimum Gasteiger partial charge on any atom is -0.481 e. The number of ketones is 1. The molecule has 0 aliphatic heterocycles. The van der Waals surface area contributed by atoms with Crippen LogP contribution in [0.1, 0.15) is 90.2 Å². The van der Waals surface area contributed by atoms with E-state index >= 15 is 0 Å². The first kappa shape index (κ1) is 29.3. The Morgan fingerprint density at radius 2 is 0.972 bits per heavy atom. The second-order valence-electron chi connectivity index (χ2n) is 10.6. The van der Waals surface area contributed by atoms with E-state index in [0.29, 0.717) is 25.7 Å². The van der Waals surface area contributed by atoms with Gasteiger partial charge >= 0.3 is 11.9 Å². The van der Waals surface area contributed by atoms with Crippen LogP contribution in [0.5, 0.6) is 0 Å². The highest BCUT2D eigenvalue weighted by molar-refractivity contribution is 5.78. The highest BCUT2D eigenvalue weighted by Crippen LogP contribution is 2.38. The maximum absolute atomic E-state index is 12.5. The molecule has 196 valence electrons. The minimum absolute atomic E-state index is 0.218. The Morgan fingerprint density at radius 3 is 1.28 bits per heavy atom. The van der Waals surface area contributed by atoms with Gasteiger partial charge in [0.1, 0.15) is 5.78 Å². The van der Waals surface area contributed by atoms with Crippen molar-refractivity contribution in [1.29, 1.82) is 0 Å². The third-order valence-electron chi connectivity index (χ3n) is 8.32. The van der Waals surface area contributed by atoms with Crippen LogP contribution >= 0.6 is 0 Å². The zero-order valence-corrected chi connectivity index (χ0v) is 22.2. The van der Waals surface area contributed by atoms with Gasteiger partial charge in [-0.3, -0.25) is 14.4 Å². The molecule has 0 aliphatic rings. The Balaban J connectivity index is 1.84. The van der Waals surface area contributed by atoms with Crippen LogP contribution in [-0.2, 0) is 25.2 Å². The topological polar surface area (TPSA) is 91.7 Å². The lowest BCUT2D eigenvalue weighted by molar-refractivity contribution is -0.144. The molecule has 0 bridgehead atoms. The molecule has 0 spiro atoms. The molecule has 4 atom stereocenters. The number of Topliss-reactive ketones (excluding diaryl/α,β-unsaturated/α-hetero) is 1. The molecule has 0 aromatic heterocycles. The largest absolute Gasteiger partial charge is 0.481 e. The van der Waals surface area contributed by atoms with Crippen molar-refractivity contribution in [2.24, 2.45) is 11.8 Å². The van der Waals surface area contributed by atoms with Crippen molar-refractivity contribution in [1.82, 2.24) is 0 Å². The number of benzene rings is 2. The molecule has 2 N–H and O–H groups in total. The fourth-order valence-electron chi connectivity index (χ4n) is 5.16. The molecule has 0 saturated heterocycles. The Kier molecular flexibility index (Phi) is 10.9. The molecule has 36 heavy (non-hydrogen) atoms. The van der Waals surface area contributed by atoms with Crippen molar-refractivity contribution in [3.05, 3.63) is 71.8 Å². The van der Waals surface area contributed by atoms with Crippen molar-refractivity contribution < 1.29 is 24.6 Å². The van der Waals surface area contributed by atoms with Crippen molar-refractivity contribution in [2.75, 3.05) is 0 Å².